The summed E-state index contributed by atoms with van der Waals surface area (Å²) in [6, 6.07) is 17.3. The lowest BCUT2D eigenvalue weighted by molar-refractivity contribution is -0.146. The lowest BCUT2D eigenvalue weighted by Crippen LogP contribution is -2.55. The third-order valence-electron chi connectivity index (χ3n) is 7.15. The average Bonchev–Trinajstić information content (AvgIpc) is 3.42. The number of likely N-dealkylation sites (tertiary alicyclic amines) is 1. The van der Waals surface area contributed by atoms with Crippen LogP contribution in [0.25, 0.3) is 0 Å². The molecule has 0 bridgehead atoms. The van der Waals surface area contributed by atoms with Gasteiger partial charge in [0.05, 0.1) is 24.4 Å². The van der Waals surface area contributed by atoms with Crippen LogP contribution in [0.5, 0.6) is 5.75 Å². The molecule has 3 amide bonds. The van der Waals surface area contributed by atoms with Gasteiger partial charge in [-0.1, -0.05) is 42.5 Å². The van der Waals surface area contributed by atoms with E-state index in [1.807, 2.05) is 36.4 Å². The minimum atomic E-state index is -1.65. The number of amides is 3. The molecular weight excluding hydrogens is 512 g/mol. The molecule has 4 rings (SSSR count). The Morgan fingerprint density at radius 1 is 1.07 bits per heavy atom. The molecule has 0 saturated carbocycles. The highest BCUT2D eigenvalue weighted by atomic mass is 16.5. The number of hydrogen-bond donors (Lipinski definition) is 4. The molecule has 2 heterocycles. The molecular formula is C30H34N4O6. The largest absolute Gasteiger partial charge is 0.508 e. The van der Waals surface area contributed by atoms with Gasteiger partial charge in [-0.3, -0.25) is 19.4 Å². The first kappa shape index (κ1) is 28.7. The van der Waals surface area contributed by atoms with E-state index in [0.29, 0.717) is 11.3 Å². The van der Waals surface area contributed by atoms with E-state index >= 15 is 0 Å². The number of pyridine rings is 1. The van der Waals surface area contributed by atoms with Crippen LogP contribution in [-0.4, -0.2) is 75.8 Å². The highest BCUT2D eigenvalue weighted by Gasteiger charge is 2.43. The quantitative estimate of drug-likeness (QED) is 0.304. The monoisotopic (exact) mass is 546 g/mol. The molecule has 0 unspecified atom stereocenters. The Morgan fingerprint density at radius 2 is 1.82 bits per heavy atom. The SMILES string of the molecule is CO[C@@H]1C[C@@H](C(=O)NCc2ccccn2)N(C(=O)[C@@H](O)[C@H](Cc2ccccc2)NC(=O)c2cccc(O)c2C)C1. The summed E-state index contributed by atoms with van der Waals surface area (Å²) in [5, 5.41) is 27.0. The minimum absolute atomic E-state index is 0.0360. The molecule has 1 saturated heterocycles. The van der Waals surface area contributed by atoms with Crippen LogP contribution in [0.2, 0.25) is 0 Å². The third-order valence-corrected chi connectivity index (χ3v) is 7.15. The number of aliphatic hydroxyl groups is 1. The zero-order valence-electron chi connectivity index (χ0n) is 22.5. The molecule has 1 fully saturated rings. The van der Waals surface area contributed by atoms with Gasteiger partial charge in [-0.25, -0.2) is 0 Å². The van der Waals surface area contributed by atoms with Crippen LogP contribution in [0.1, 0.15) is 33.6 Å². The summed E-state index contributed by atoms with van der Waals surface area (Å²) in [6.07, 6.45) is 0.0164. The Balaban J connectivity index is 1.54. The van der Waals surface area contributed by atoms with E-state index in [4.69, 9.17) is 4.74 Å². The summed E-state index contributed by atoms with van der Waals surface area (Å²) in [5.41, 5.74) is 2.08. The number of aliphatic hydroxyl groups excluding tert-OH is 1. The Labute approximate surface area is 233 Å². The maximum absolute atomic E-state index is 13.7. The second kappa shape index (κ2) is 13.2. The Morgan fingerprint density at radius 3 is 2.52 bits per heavy atom. The molecule has 210 valence electrons. The fourth-order valence-corrected chi connectivity index (χ4v) is 4.83. The van der Waals surface area contributed by atoms with Gasteiger partial charge in [0.15, 0.2) is 6.10 Å². The zero-order valence-corrected chi connectivity index (χ0v) is 22.5. The number of carbonyl (C=O) groups is 3. The van der Waals surface area contributed by atoms with Crippen molar-refractivity contribution in [2.45, 2.75) is 50.6 Å². The fourth-order valence-electron chi connectivity index (χ4n) is 4.83. The lowest BCUT2D eigenvalue weighted by atomic mass is 9.98. The standard InChI is InChI=1S/C30H34N4O6/c1-19-23(12-8-13-26(19)35)28(37)33-24(15-20-9-4-3-5-10-20)27(36)30(39)34-18-22(40-2)16-25(34)29(38)32-17-21-11-6-7-14-31-21/h3-14,22,24-25,27,35-36H,15-18H2,1-2H3,(H,32,38)(H,33,37)/t22-,24+,25+,27+/m1/s1. The van der Waals surface area contributed by atoms with Gasteiger partial charge in [0, 0.05) is 37.4 Å². The number of rotatable bonds is 10. The molecule has 0 aliphatic carbocycles. The van der Waals surface area contributed by atoms with Crippen molar-refractivity contribution in [3.8, 4) is 5.75 Å². The van der Waals surface area contributed by atoms with E-state index in [9.17, 15) is 24.6 Å². The number of nitrogens with one attached hydrogen (secondary N) is 2. The second-order valence-electron chi connectivity index (χ2n) is 9.80. The molecule has 2 aromatic carbocycles. The minimum Gasteiger partial charge on any atom is -0.508 e. The van der Waals surface area contributed by atoms with Gasteiger partial charge in [-0.05, 0) is 43.2 Å². The van der Waals surface area contributed by atoms with Crippen LogP contribution in [0, 0.1) is 6.92 Å². The Bertz CT molecular complexity index is 1320. The summed E-state index contributed by atoms with van der Waals surface area (Å²) in [7, 11) is 1.51. The number of hydrogen-bond acceptors (Lipinski definition) is 7. The maximum atomic E-state index is 13.7. The van der Waals surface area contributed by atoms with Gasteiger partial charge >= 0.3 is 0 Å². The number of aromatic hydroxyl groups is 1. The van der Waals surface area contributed by atoms with Crippen LogP contribution in [0.4, 0.5) is 0 Å². The van der Waals surface area contributed by atoms with Crippen molar-refractivity contribution < 1.29 is 29.3 Å². The first-order chi connectivity index (χ1) is 19.3. The van der Waals surface area contributed by atoms with Crippen molar-refractivity contribution >= 4 is 17.7 Å². The number of nitrogens with zero attached hydrogens (tertiary/aromatic N) is 2. The zero-order chi connectivity index (χ0) is 28.6. The van der Waals surface area contributed by atoms with Gasteiger partial charge in [0.1, 0.15) is 11.8 Å². The van der Waals surface area contributed by atoms with Gasteiger partial charge in [-0.2, -0.15) is 0 Å². The molecule has 4 N–H and O–H groups in total. The number of benzene rings is 2. The van der Waals surface area contributed by atoms with E-state index in [1.165, 1.54) is 18.1 Å². The molecule has 1 aliphatic rings. The lowest BCUT2D eigenvalue weighted by Gasteiger charge is -2.30. The van der Waals surface area contributed by atoms with Crippen LogP contribution >= 0.6 is 0 Å². The van der Waals surface area contributed by atoms with Crippen molar-refractivity contribution in [1.82, 2.24) is 20.5 Å². The van der Waals surface area contributed by atoms with E-state index in [-0.39, 0.29) is 49.3 Å². The van der Waals surface area contributed by atoms with Gasteiger partial charge in [0.25, 0.3) is 11.8 Å². The Hall–Kier alpha value is -4.28. The highest BCUT2D eigenvalue weighted by molar-refractivity contribution is 5.97. The summed E-state index contributed by atoms with van der Waals surface area (Å²) < 4.78 is 5.46. The first-order valence-corrected chi connectivity index (χ1v) is 13.1. The second-order valence-corrected chi connectivity index (χ2v) is 9.80. The number of methoxy groups -OCH3 is 1. The van der Waals surface area contributed by atoms with Gasteiger partial charge in [-0.15, -0.1) is 0 Å². The molecule has 10 nitrogen and oxygen atoms in total. The number of ether oxygens (including phenoxy) is 1. The van der Waals surface area contributed by atoms with Crippen molar-refractivity contribution in [3.63, 3.8) is 0 Å². The number of aromatic nitrogens is 1. The summed E-state index contributed by atoms with van der Waals surface area (Å²) >= 11 is 0. The van der Waals surface area contributed by atoms with Crippen LogP contribution in [0.15, 0.2) is 72.9 Å². The normalized spacial score (nSPS) is 18.1. The molecule has 1 aliphatic heterocycles. The van der Waals surface area contributed by atoms with Gasteiger partial charge in [0.2, 0.25) is 5.91 Å². The summed E-state index contributed by atoms with van der Waals surface area (Å²) in [5.74, 6) is -1.65. The topological polar surface area (TPSA) is 141 Å². The van der Waals surface area contributed by atoms with Crippen molar-refractivity contribution in [2.24, 2.45) is 0 Å². The van der Waals surface area contributed by atoms with E-state index < -0.39 is 30.0 Å². The van der Waals surface area contributed by atoms with Gasteiger partial charge < -0.3 is 30.5 Å². The number of phenols is 1. The first-order valence-electron chi connectivity index (χ1n) is 13.1. The molecule has 4 atom stereocenters. The molecule has 0 radical (unpaired) electrons. The molecule has 40 heavy (non-hydrogen) atoms. The fraction of sp³-hybridized carbons (Fsp3) is 0.333. The predicted molar refractivity (Wildman–Crippen MR) is 147 cm³/mol. The third kappa shape index (κ3) is 6.83. The van der Waals surface area contributed by atoms with Crippen LogP contribution in [0.3, 0.4) is 0 Å². The van der Waals surface area contributed by atoms with E-state index in [1.54, 1.807) is 37.4 Å². The number of carbonyl (C=O) groups excluding carboxylic acids is 3. The van der Waals surface area contributed by atoms with Crippen molar-refractivity contribution in [2.75, 3.05) is 13.7 Å². The molecule has 0 spiro atoms. The molecule has 10 heteroatoms. The number of phenolic OH excluding ortho intramolecular Hbond substituents is 1. The summed E-state index contributed by atoms with van der Waals surface area (Å²) in [6.45, 7) is 1.92. The highest BCUT2D eigenvalue weighted by Crippen LogP contribution is 2.24. The Kier molecular flexibility index (Phi) is 9.47. The molecule has 3 aromatic rings. The van der Waals surface area contributed by atoms with Crippen LogP contribution in [-0.2, 0) is 27.3 Å². The van der Waals surface area contributed by atoms with E-state index in [0.717, 1.165) is 5.56 Å². The van der Waals surface area contributed by atoms with Crippen molar-refractivity contribution in [3.05, 3.63) is 95.3 Å². The van der Waals surface area contributed by atoms with Crippen LogP contribution < -0.4 is 10.6 Å². The predicted octanol–water partition coefficient (Wildman–Crippen LogP) is 1.73. The maximum Gasteiger partial charge on any atom is 0.254 e. The van der Waals surface area contributed by atoms with Crippen molar-refractivity contribution in [1.29, 1.82) is 0 Å². The van der Waals surface area contributed by atoms with E-state index in [2.05, 4.69) is 15.6 Å². The average molecular weight is 547 g/mol. The summed E-state index contributed by atoms with van der Waals surface area (Å²) in [4.78, 5) is 45.6. The smallest absolute Gasteiger partial charge is 0.254 e. The molecule has 1 aromatic heterocycles.